The fraction of sp³-hybridized carbons (Fsp3) is 0.500. The smallest absolute Gasteiger partial charge is 0.220 e. The molecule has 0 aliphatic heterocycles. The van der Waals surface area contributed by atoms with Crippen LogP contribution in [0.5, 0.6) is 0 Å². The Morgan fingerprint density at radius 3 is 2.90 bits per heavy atom. The van der Waals surface area contributed by atoms with Crippen molar-refractivity contribution in [2.24, 2.45) is 5.92 Å². The van der Waals surface area contributed by atoms with Crippen LogP contribution in [0.1, 0.15) is 37.3 Å². The van der Waals surface area contributed by atoms with E-state index in [1.807, 2.05) is 0 Å². The van der Waals surface area contributed by atoms with Gasteiger partial charge in [0.15, 0.2) is 0 Å². The number of benzene rings is 1. The fourth-order valence-corrected chi connectivity index (χ4v) is 2.64. The molecule has 2 rings (SSSR count). The van der Waals surface area contributed by atoms with Gasteiger partial charge in [-0.05, 0) is 43.5 Å². The minimum absolute atomic E-state index is 0.155. The monoisotopic (exact) mass is 286 g/mol. The Morgan fingerprint density at radius 2 is 2.19 bits per heavy atom. The van der Waals surface area contributed by atoms with Gasteiger partial charge in [0.05, 0.1) is 0 Å². The first-order valence-electron chi connectivity index (χ1n) is 7.87. The number of carbonyl (C=O) groups excluding carboxylic acids is 1. The predicted molar refractivity (Wildman–Crippen MR) is 86.8 cm³/mol. The fourth-order valence-electron chi connectivity index (χ4n) is 2.64. The third kappa shape index (κ3) is 5.35. The van der Waals surface area contributed by atoms with E-state index in [1.54, 1.807) is 0 Å². The van der Waals surface area contributed by atoms with E-state index in [4.69, 9.17) is 0 Å². The Hall–Kier alpha value is -1.61. The van der Waals surface area contributed by atoms with E-state index in [0.29, 0.717) is 18.9 Å². The summed E-state index contributed by atoms with van der Waals surface area (Å²) < 4.78 is 0. The van der Waals surface area contributed by atoms with Crippen LogP contribution < -0.4 is 5.32 Å². The average molecular weight is 286 g/mol. The molecule has 3 nitrogen and oxygen atoms in total. The van der Waals surface area contributed by atoms with Crippen LogP contribution in [0.25, 0.3) is 0 Å². The number of carbonyl (C=O) groups is 1. The van der Waals surface area contributed by atoms with Crippen molar-refractivity contribution in [3.05, 3.63) is 47.5 Å². The zero-order valence-electron chi connectivity index (χ0n) is 13.1. The second kappa shape index (κ2) is 7.99. The Bertz CT molecular complexity index is 496. The summed E-state index contributed by atoms with van der Waals surface area (Å²) in [5.41, 5.74) is 2.47. The van der Waals surface area contributed by atoms with Crippen molar-refractivity contribution in [3.8, 4) is 0 Å². The number of allylic oxidation sites excluding steroid dienone is 2. The maximum atomic E-state index is 11.9. The topological polar surface area (TPSA) is 32.3 Å². The van der Waals surface area contributed by atoms with Gasteiger partial charge in [0.1, 0.15) is 0 Å². The second-order valence-electron chi connectivity index (χ2n) is 5.90. The van der Waals surface area contributed by atoms with Gasteiger partial charge in [-0.1, -0.05) is 43.3 Å². The number of hydrogen-bond donors (Lipinski definition) is 1. The molecule has 114 valence electrons. The molecule has 1 N–H and O–H groups in total. The maximum absolute atomic E-state index is 11.9. The Balaban J connectivity index is 1.80. The summed E-state index contributed by atoms with van der Waals surface area (Å²) in [6.45, 7) is 4.77. The lowest BCUT2D eigenvalue weighted by Crippen LogP contribution is -2.24. The third-order valence-electron chi connectivity index (χ3n) is 4.03. The van der Waals surface area contributed by atoms with Crippen molar-refractivity contribution in [1.82, 2.24) is 10.2 Å². The zero-order valence-corrected chi connectivity index (χ0v) is 13.1. The van der Waals surface area contributed by atoms with Gasteiger partial charge in [0.25, 0.3) is 0 Å². The van der Waals surface area contributed by atoms with E-state index in [-0.39, 0.29) is 5.91 Å². The molecular formula is C18H26N2O. The molecular weight excluding hydrogens is 260 g/mol. The van der Waals surface area contributed by atoms with Crippen LogP contribution >= 0.6 is 0 Å². The Labute approximate surface area is 128 Å². The minimum Gasteiger partial charge on any atom is -0.352 e. The largest absolute Gasteiger partial charge is 0.352 e. The summed E-state index contributed by atoms with van der Waals surface area (Å²) in [6.07, 6.45) is 7.19. The molecule has 3 heteroatoms. The van der Waals surface area contributed by atoms with Crippen LogP contribution in [0.2, 0.25) is 0 Å². The minimum atomic E-state index is 0.155. The number of amides is 1. The molecule has 0 fully saturated rings. The normalized spacial score (nSPS) is 17.4. The standard InChI is InChI=1S/C18H26N2O/c1-3-20(2)14-17-10-6-9-16(11-17)13-19-18(21)12-15-7-4-5-8-15/h4,6-7,9-11,15H,3,5,8,12-14H2,1-2H3,(H,19,21)/t15-/m1/s1. The van der Waals surface area contributed by atoms with Crippen LogP contribution in [-0.4, -0.2) is 24.4 Å². The highest BCUT2D eigenvalue weighted by molar-refractivity contribution is 5.76. The molecule has 1 aromatic rings. The molecule has 21 heavy (non-hydrogen) atoms. The van der Waals surface area contributed by atoms with E-state index in [1.165, 1.54) is 11.1 Å². The molecule has 1 aromatic carbocycles. The van der Waals surface area contributed by atoms with Gasteiger partial charge in [-0.25, -0.2) is 0 Å². The van der Waals surface area contributed by atoms with Crippen molar-refractivity contribution in [1.29, 1.82) is 0 Å². The van der Waals surface area contributed by atoms with Crippen molar-refractivity contribution in [2.75, 3.05) is 13.6 Å². The SMILES string of the molecule is CCN(C)Cc1cccc(CNC(=O)C[C@@H]2C=CCC2)c1. The third-order valence-corrected chi connectivity index (χ3v) is 4.03. The quantitative estimate of drug-likeness (QED) is 0.781. The number of nitrogens with zero attached hydrogens (tertiary/aromatic N) is 1. The van der Waals surface area contributed by atoms with Gasteiger partial charge >= 0.3 is 0 Å². The Kier molecular flexibility index (Phi) is 6.00. The lowest BCUT2D eigenvalue weighted by molar-refractivity contribution is -0.121. The van der Waals surface area contributed by atoms with Crippen molar-refractivity contribution in [3.63, 3.8) is 0 Å². The first-order chi connectivity index (χ1) is 10.2. The van der Waals surface area contributed by atoms with Crippen LogP contribution in [0, 0.1) is 5.92 Å². The summed E-state index contributed by atoms with van der Waals surface area (Å²) in [7, 11) is 2.11. The van der Waals surface area contributed by atoms with Crippen LogP contribution in [0.3, 0.4) is 0 Å². The van der Waals surface area contributed by atoms with Crippen LogP contribution in [-0.2, 0) is 17.9 Å². The lowest BCUT2D eigenvalue weighted by Gasteiger charge is -2.14. The lowest BCUT2D eigenvalue weighted by atomic mass is 10.0. The number of hydrogen-bond acceptors (Lipinski definition) is 2. The molecule has 1 amide bonds. The van der Waals surface area contributed by atoms with Gasteiger partial charge in [0, 0.05) is 19.5 Å². The van der Waals surface area contributed by atoms with E-state index >= 15 is 0 Å². The van der Waals surface area contributed by atoms with E-state index in [2.05, 4.69) is 60.6 Å². The molecule has 1 atom stereocenters. The first-order valence-corrected chi connectivity index (χ1v) is 7.87. The van der Waals surface area contributed by atoms with E-state index in [9.17, 15) is 4.79 Å². The molecule has 0 saturated heterocycles. The molecule has 0 bridgehead atoms. The van der Waals surface area contributed by atoms with Crippen LogP contribution in [0.15, 0.2) is 36.4 Å². The highest BCUT2D eigenvalue weighted by atomic mass is 16.1. The maximum Gasteiger partial charge on any atom is 0.220 e. The molecule has 0 radical (unpaired) electrons. The van der Waals surface area contributed by atoms with E-state index in [0.717, 1.165) is 25.9 Å². The summed E-state index contributed by atoms with van der Waals surface area (Å²) in [6, 6.07) is 8.47. The predicted octanol–water partition coefficient (Wildman–Crippen LogP) is 3.11. The summed E-state index contributed by atoms with van der Waals surface area (Å²) >= 11 is 0. The Morgan fingerprint density at radius 1 is 1.38 bits per heavy atom. The van der Waals surface area contributed by atoms with Gasteiger partial charge in [-0.2, -0.15) is 0 Å². The summed E-state index contributed by atoms with van der Waals surface area (Å²) in [5.74, 6) is 0.595. The molecule has 0 aromatic heterocycles. The number of nitrogens with one attached hydrogen (secondary N) is 1. The number of rotatable bonds is 7. The van der Waals surface area contributed by atoms with Gasteiger partial charge in [-0.15, -0.1) is 0 Å². The molecule has 0 saturated carbocycles. The molecule has 0 heterocycles. The van der Waals surface area contributed by atoms with Gasteiger partial charge in [-0.3, -0.25) is 4.79 Å². The zero-order chi connectivity index (χ0) is 15.1. The molecule has 0 spiro atoms. The average Bonchev–Trinajstić information content (AvgIpc) is 2.98. The summed E-state index contributed by atoms with van der Waals surface area (Å²) in [5, 5.41) is 3.03. The van der Waals surface area contributed by atoms with E-state index < -0.39 is 0 Å². The highest BCUT2D eigenvalue weighted by Crippen LogP contribution is 2.20. The van der Waals surface area contributed by atoms with Crippen molar-refractivity contribution >= 4 is 5.91 Å². The van der Waals surface area contributed by atoms with Gasteiger partial charge in [0.2, 0.25) is 5.91 Å². The molecule has 0 unspecified atom stereocenters. The highest BCUT2D eigenvalue weighted by Gasteiger charge is 2.13. The second-order valence-corrected chi connectivity index (χ2v) is 5.90. The van der Waals surface area contributed by atoms with Crippen LogP contribution in [0.4, 0.5) is 0 Å². The van der Waals surface area contributed by atoms with Crippen molar-refractivity contribution in [2.45, 2.75) is 39.3 Å². The molecule has 1 aliphatic rings. The van der Waals surface area contributed by atoms with Crippen molar-refractivity contribution < 1.29 is 4.79 Å². The molecule has 1 aliphatic carbocycles. The van der Waals surface area contributed by atoms with Gasteiger partial charge < -0.3 is 10.2 Å². The summed E-state index contributed by atoms with van der Waals surface area (Å²) in [4.78, 5) is 14.2. The first kappa shape index (κ1) is 15.8.